The molecule has 1 aliphatic rings. The first-order chi connectivity index (χ1) is 18.5. The molecule has 2 aromatic rings. The van der Waals surface area contributed by atoms with Gasteiger partial charge in [0.15, 0.2) is 11.6 Å². The Kier molecular flexibility index (Phi) is 13.0. The first-order valence-corrected chi connectivity index (χ1v) is 14.9. The normalized spacial score (nSPS) is 17.3. The minimum absolute atomic E-state index is 0.0559. The molecule has 0 spiro atoms. The molecule has 210 valence electrons. The zero-order valence-corrected chi connectivity index (χ0v) is 23.5. The SMILES string of the molecule is CCCCCCOc1ccc(C(=O)O)c(-c2ccc(OCCCC3CCC(CCCCC)CC3)cc2)c1F. The van der Waals surface area contributed by atoms with E-state index in [1.54, 1.807) is 24.3 Å². The first-order valence-electron chi connectivity index (χ1n) is 14.9. The maximum Gasteiger partial charge on any atom is 0.336 e. The molecule has 0 aliphatic heterocycles. The van der Waals surface area contributed by atoms with Crippen LogP contribution in [-0.2, 0) is 0 Å². The summed E-state index contributed by atoms with van der Waals surface area (Å²) >= 11 is 0. The summed E-state index contributed by atoms with van der Waals surface area (Å²) < 4.78 is 27.0. The van der Waals surface area contributed by atoms with Gasteiger partial charge in [-0.15, -0.1) is 0 Å². The number of aromatic carboxylic acids is 1. The lowest BCUT2D eigenvalue weighted by atomic mass is 9.78. The van der Waals surface area contributed by atoms with Gasteiger partial charge in [0.2, 0.25) is 0 Å². The van der Waals surface area contributed by atoms with Gasteiger partial charge in [0, 0.05) is 5.56 Å². The molecule has 1 N–H and O–H groups in total. The Bertz CT molecular complexity index is 964. The summed E-state index contributed by atoms with van der Waals surface area (Å²) in [4.78, 5) is 11.8. The van der Waals surface area contributed by atoms with Crippen LogP contribution in [0, 0.1) is 17.7 Å². The van der Waals surface area contributed by atoms with Crippen LogP contribution < -0.4 is 9.47 Å². The number of benzene rings is 2. The van der Waals surface area contributed by atoms with Crippen LogP contribution >= 0.6 is 0 Å². The lowest BCUT2D eigenvalue weighted by molar-refractivity contribution is 0.0697. The quantitative estimate of drug-likeness (QED) is 0.208. The van der Waals surface area contributed by atoms with Gasteiger partial charge >= 0.3 is 5.97 Å². The maximum atomic E-state index is 15.4. The van der Waals surface area contributed by atoms with Gasteiger partial charge in [-0.05, 0) is 60.9 Å². The molecule has 5 heteroatoms. The van der Waals surface area contributed by atoms with Crippen LogP contribution in [-0.4, -0.2) is 24.3 Å². The Morgan fingerprint density at radius 3 is 2.03 bits per heavy atom. The zero-order valence-electron chi connectivity index (χ0n) is 23.5. The van der Waals surface area contributed by atoms with Crippen molar-refractivity contribution < 1.29 is 23.8 Å². The second kappa shape index (κ2) is 16.4. The second-order valence-electron chi connectivity index (χ2n) is 10.9. The summed E-state index contributed by atoms with van der Waals surface area (Å²) in [6.45, 7) is 5.48. The lowest BCUT2D eigenvalue weighted by Gasteiger charge is -2.28. The molecule has 3 rings (SSSR count). The standard InChI is InChI=1S/C33H47FO4/c1-3-5-7-9-23-38-30-22-21-29(33(35)36)31(32(30)34)27-17-19-28(20-18-27)37-24-10-12-26-15-13-25(14-16-26)11-8-6-4-2/h17-22,25-26H,3-16,23-24H2,1-2H3,(H,35,36). The van der Waals surface area contributed by atoms with Gasteiger partial charge in [0.25, 0.3) is 0 Å². The van der Waals surface area contributed by atoms with E-state index < -0.39 is 11.8 Å². The van der Waals surface area contributed by atoms with Crippen molar-refractivity contribution >= 4 is 5.97 Å². The molecule has 0 saturated heterocycles. The van der Waals surface area contributed by atoms with Gasteiger partial charge in [-0.25, -0.2) is 9.18 Å². The number of unbranched alkanes of at least 4 members (excludes halogenated alkanes) is 5. The van der Waals surface area contributed by atoms with E-state index in [1.165, 1.54) is 69.9 Å². The first kappa shape index (κ1) is 30.0. The van der Waals surface area contributed by atoms with Crippen molar-refractivity contribution in [2.45, 2.75) is 104 Å². The molecule has 0 bridgehead atoms. The Morgan fingerprint density at radius 2 is 1.39 bits per heavy atom. The van der Waals surface area contributed by atoms with E-state index in [-0.39, 0.29) is 16.9 Å². The fraction of sp³-hybridized carbons (Fsp3) is 0.606. The monoisotopic (exact) mass is 526 g/mol. The van der Waals surface area contributed by atoms with Gasteiger partial charge < -0.3 is 14.6 Å². The number of carboxylic acid groups (broad SMARTS) is 1. The number of hydrogen-bond acceptors (Lipinski definition) is 3. The van der Waals surface area contributed by atoms with Crippen LogP contribution in [0.5, 0.6) is 11.5 Å². The summed E-state index contributed by atoms with van der Waals surface area (Å²) in [5, 5.41) is 9.65. The zero-order chi connectivity index (χ0) is 27.2. The minimum atomic E-state index is -1.16. The second-order valence-corrected chi connectivity index (χ2v) is 10.9. The van der Waals surface area contributed by atoms with E-state index in [0.29, 0.717) is 24.5 Å². The molecular formula is C33H47FO4. The van der Waals surface area contributed by atoms with Crippen molar-refractivity contribution in [2.24, 2.45) is 11.8 Å². The van der Waals surface area contributed by atoms with Crippen molar-refractivity contribution in [3.63, 3.8) is 0 Å². The predicted molar refractivity (Wildman–Crippen MR) is 153 cm³/mol. The summed E-state index contributed by atoms with van der Waals surface area (Å²) in [6.07, 6.45) is 17.3. The van der Waals surface area contributed by atoms with Crippen molar-refractivity contribution in [3.05, 3.63) is 47.8 Å². The summed E-state index contributed by atoms with van der Waals surface area (Å²) in [5.74, 6) is 0.780. The minimum Gasteiger partial charge on any atom is -0.494 e. The molecule has 0 radical (unpaired) electrons. The highest BCUT2D eigenvalue weighted by molar-refractivity contribution is 5.96. The van der Waals surface area contributed by atoms with E-state index >= 15 is 4.39 Å². The average Bonchev–Trinajstić information content (AvgIpc) is 2.93. The molecule has 0 heterocycles. The average molecular weight is 527 g/mol. The fourth-order valence-electron chi connectivity index (χ4n) is 5.61. The lowest BCUT2D eigenvalue weighted by Crippen LogP contribution is -2.15. The highest BCUT2D eigenvalue weighted by atomic mass is 19.1. The van der Waals surface area contributed by atoms with Gasteiger partial charge in [-0.2, -0.15) is 0 Å². The fourth-order valence-corrected chi connectivity index (χ4v) is 5.61. The molecule has 2 aromatic carbocycles. The van der Waals surface area contributed by atoms with Gasteiger partial charge in [-0.3, -0.25) is 0 Å². The molecule has 0 amide bonds. The Morgan fingerprint density at radius 1 is 0.789 bits per heavy atom. The molecule has 4 nitrogen and oxygen atoms in total. The van der Waals surface area contributed by atoms with Crippen LogP contribution in [0.1, 0.15) is 114 Å². The molecule has 0 atom stereocenters. The van der Waals surface area contributed by atoms with Crippen molar-refractivity contribution in [3.8, 4) is 22.6 Å². The third kappa shape index (κ3) is 9.32. The van der Waals surface area contributed by atoms with Gasteiger partial charge in [0.05, 0.1) is 18.8 Å². The van der Waals surface area contributed by atoms with E-state index in [2.05, 4.69) is 13.8 Å². The Balaban J connectivity index is 1.49. The van der Waals surface area contributed by atoms with Crippen LogP contribution in [0.2, 0.25) is 0 Å². The number of carbonyl (C=O) groups is 1. The highest BCUT2D eigenvalue weighted by Crippen LogP contribution is 2.35. The number of hydrogen-bond donors (Lipinski definition) is 1. The van der Waals surface area contributed by atoms with Gasteiger partial charge in [-0.1, -0.05) is 96.6 Å². The Hall–Kier alpha value is -2.56. The van der Waals surface area contributed by atoms with Crippen LogP contribution in [0.4, 0.5) is 4.39 Å². The molecule has 38 heavy (non-hydrogen) atoms. The summed E-state index contributed by atoms with van der Waals surface area (Å²) in [7, 11) is 0. The van der Waals surface area contributed by atoms with Crippen LogP contribution in [0.15, 0.2) is 36.4 Å². The third-order valence-corrected chi connectivity index (χ3v) is 7.94. The molecule has 0 aromatic heterocycles. The topological polar surface area (TPSA) is 55.8 Å². The highest BCUT2D eigenvalue weighted by Gasteiger charge is 2.22. The van der Waals surface area contributed by atoms with Crippen molar-refractivity contribution in [1.29, 1.82) is 0 Å². The number of ether oxygens (including phenoxy) is 2. The van der Waals surface area contributed by atoms with E-state index in [0.717, 1.165) is 43.9 Å². The van der Waals surface area contributed by atoms with E-state index in [4.69, 9.17) is 9.47 Å². The molecular weight excluding hydrogens is 479 g/mol. The summed E-state index contributed by atoms with van der Waals surface area (Å²) in [6, 6.07) is 9.88. The van der Waals surface area contributed by atoms with Gasteiger partial charge in [0.1, 0.15) is 5.75 Å². The number of rotatable bonds is 17. The molecule has 1 saturated carbocycles. The molecule has 1 fully saturated rings. The Labute approximate surface area is 228 Å². The summed E-state index contributed by atoms with van der Waals surface area (Å²) in [5.41, 5.74) is 0.481. The predicted octanol–water partition coefficient (Wildman–Crippen LogP) is 9.70. The van der Waals surface area contributed by atoms with E-state index in [1.807, 2.05) is 0 Å². The molecule has 1 aliphatic carbocycles. The van der Waals surface area contributed by atoms with E-state index in [9.17, 15) is 9.90 Å². The third-order valence-electron chi connectivity index (χ3n) is 7.94. The van der Waals surface area contributed by atoms with Crippen LogP contribution in [0.3, 0.4) is 0 Å². The van der Waals surface area contributed by atoms with Crippen molar-refractivity contribution in [1.82, 2.24) is 0 Å². The smallest absolute Gasteiger partial charge is 0.336 e. The largest absolute Gasteiger partial charge is 0.494 e. The number of carboxylic acids is 1. The van der Waals surface area contributed by atoms with Crippen LogP contribution in [0.25, 0.3) is 11.1 Å². The molecule has 0 unspecified atom stereocenters. The number of halogens is 1. The van der Waals surface area contributed by atoms with Crippen molar-refractivity contribution in [2.75, 3.05) is 13.2 Å². The maximum absolute atomic E-state index is 15.4.